The monoisotopic (exact) mass is 717 g/mol. The van der Waals surface area contributed by atoms with E-state index < -0.39 is 24.6 Å². The molecule has 0 radical (unpaired) electrons. The lowest BCUT2D eigenvalue weighted by Crippen LogP contribution is -2.63. The second-order valence-electron chi connectivity index (χ2n) is 12.9. The van der Waals surface area contributed by atoms with Crippen LogP contribution >= 0.6 is 23.2 Å². The van der Waals surface area contributed by atoms with E-state index in [0.29, 0.717) is 54.5 Å². The minimum Gasteiger partial charge on any atom is -0.495 e. The Morgan fingerprint density at radius 3 is 2.35 bits per heavy atom. The van der Waals surface area contributed by atoms with Gasteiger partial charge in [-0.2, -0.15) is 10.2 Å². The van der Waals surface area contributed by atoms with Crippen molar-refractivity contribution in [2.24, 2.45) is 5.92 Å². The van der Waals surface area contributed by atoms with Gasteiger partial charge in [0.25, 0.3) is 17.4 Å². The second-order valence-corrected chi connectivity index (χ2v) is 13.7. The topological polar surface area (TPSA) is 126 Å². The van der Waals surface area contributed by atoms with E-state index in [9.17, 15) is 23.6 Å². The van der Waals surface area contributed by atoms with Gasteiger partial charge in [0.1, 0.15) is 28.8 Å². The number of fused-ring (bicyclic) bond motifs is 1. The van der Waals surface area contributed by atoms with E-state index in [1.54, 1.807) is 53.6 Å². The zero-order chi connectivity index (χ0) is 35.7. The molecule has 262 valence electrons. The number of alkyl halides is 2. The number of rotatable bonds is 11. The maximum Gasteiger partial charge on any atom is 0.273 e. The second kappa shape index (κ2) is 14.5. The summed E-state index contributed by atoms with van der Waals surface area (Å²) in [6.45, 7) is 3.94. The van der Waals surface area contributed by atoms with Crippen molar-refractivity contribution in [2.45, 2.75) is 57.5 Å². The van der Waals surface area contributed by atoms with Gasteiger partial charge in [0.05, 0.1) is 42.9 Å². The summed E-state index contributed by atoms with van der Waals surface area (Å²) in [6.07, 6.45) is 6.01. The molecule has 2 aliphatic heterocycles. The zero-order valence-electron chi connectivity index (χ0n) is 28.1. The number of anilines is 1. The third kappa shape index (κ3) is 7.46. The molecule has 49 heavy (non-hydrogen) atoms. The normalized spacial score (nSPS) is 17.1. The van der Waals surface area contributed by atoms with Gasteiger partial charge in [-0.15, -0.1) is 0 Å². The van der Waals surface area contributed by atoms with E-state index in [0.717, 1.165) is 19.3 Å². The third-order valence-electron chi connectivity index (χ3n) is 9.30. The predicted molar refractivity (Wildman–Crippen MR) is 185 cm³/mol. The Morgan fingerprint density at radius 1 is 1.16 bits per heavy atom. The number of nitriles is 1. The van der Waals surface area contributed by atoms with Crippen molar-refractivity contribution in [2.75, 3.05) is 52.8 Å². The van der Waals surface area contributed by atoms with Gasteiger partial charge in [-0.3, -0.25) is 19.1 Å². The Morgan fingerprint density at radius 2 is 1.80 bits per heavy atom. The number of nitrogens with zero attached hydrogens (tertiary/aromatic N) is 6. The summed E-state index contributed by atoms with van der Waals surface area (Å²) in [5.74, 6) is -1.88. The van der Waals surface area contributed by atoms with Crippen LogP contribution in [0, 0.1) is 17.2 Å². The molecule has 11 nitrogen and oxygen atoms in total. The number of amides is 1. The molecule has 2 aromatic heterocycles. The standard InChI is InChI=1S/C34H39Cl2F2N7O4/c1-33(2,44-18-34(37,38)19-44)15-22(16-39)30(46)43-11-8-20(9-12-43)7-6-10-45-29-21(17-41-32(40-3)42-29)13-23(31(45)47)26-27(35)24(48-4)14-25(49-5)28(26)36/h13-15,17,20H,6-12,18-19H2,1-5H3,(H,40,41,42)/b22-15-. The van der Waals surface area contributed by atoms with Crippen molar-refractivity contribution < 1.29 is 23.0 Å². The highest BCUT2D eigenvalue weighted by atomic mass is 35.5. The fourth-order valence-corrected chi connectivity index (χ4v) is 7.13. The number of pyridine rings is 1. The SMILES string of the molecule is CNc1ncc2cc(-c3c(Cl)c(OC)cc(OC)c3Cl)c(=O)n(CCCC3CCN(C(=O)/C(C#N)=C\C(C)(C)N4CC(F)(F)C4)CC3)c2n1. The van der Waals surface area contributed by atoms with E-state index in [1.807, 2.05) is 6.07 Å². The van der Waals surface area contributed by atoms with Gasteiger partial charge in [0.2, 0.25) is 5.95 Å². The average Bonchev–Trinajstić information content (AvgIpc) is 3.07. The number of hydrogen-bond acceptors (Lipinski definition) is 9. The van der Waals surface area contributed by atoms with E-state index >= 15 is 0 Å². The summed E-state index contributed by atoms with van der Waals surface area (Å²) >= 11 is 13.4. The maximum absolute atomic E-state index is 14.1. The number of likely N-dealkylation sites (tertiary alicyclic amines) is 2. The first-order chi connectivity index (χ1) is 23.2. The van der Waals surface area contributed by atoms with E-state index in [2.05, 4.69) is 15.3 Å². The molecule has 1 amide bonds. The quantitative estimate of drug-likeness (QED) is 0.187. The summed E-state index contributed by atoms with van der Waals surface area (Å²) < 4.78 is 39.4. The van der Waals surface area contributed by atoms with Crippen LogP contribution in [-0.4, -0.2) is 89.1 Å². The number of carbonyl (C=O) groups is 1. The van der Waals surface area contributed by atoms with Gasteiger partial charge in [-0.05, 0) is 57.6 Å². The lowest BCUT2D eigenvalue weighted by atomic mass is 9.91. The Kier molecular flexibility index (Phi) is 10.7. The van der Waals surface area contributed by atoms with Gasteiger partial charge < -0.3 is 19.7 Å². The molecule has 15 heteroatoms. The van der Waals surface area contributed by atoms with Crippen molar-refractivity contribution in [3.05, 3.63) is 50.4 Å². The van der Waals surface area contributed by atoms with Gasteiger partial charge >= 0.3 is 0 Å². The van der Waals surface area contributed by atoms with Gasteiger partial charge in [0, 0.05) is 55.4 Å². The van der Waals surface area contributed by atoms with Crippen LogP contribution in [0.1, 0.15) is 39.5 Å². The number of piperidine rings is 1. The number of carbonyl (C=O) groups excluding carboxylic acids is 1. The number of methoxy groups -OCH3 is 2. The van der Waals surface area contributed by atoms with E-state index in [1.165, 1.54) is 20.3 Å². The average molecular weight is 719 g/mol. The van der Waals surface area contributed by atoms with E-state index in [-0.39, 0.29) is 44.1 Å². The molecule has 0 saturated carbocycles. The number of hydrogen-bond donors (Lipinski definition) is 1. The van der Waals surface area contributed by atoms with Crippen LogP contribution < -0.4 is 20.3 Å². The molecule has 5 rings (SSSR count). The number of nitrogens with one attached hydrogen (secondary N) is 1. The lowest BCUT2D eigenvalue weighted by Gasteiger charge is -2.47. The third-order valence-corrected chi connectivity index (χ3v) is 10.0. The molecule has 0 spiro atoms. The number of aromatic nitrogens is 3. The maximum atomic E-state index is 14.1. The molecule has 0 aliphatic carbocycles. The summed E-state index contributed by atoms with van der Waals surface area (Å²) in [5, 5.41) is 13.6. The van der Waals surface area contributed by atoms with Crippen molar-refractivity contribution in [1.29, 1.82) is 5.26 Å². The Labute approximate surface area is 293 Å². The highest BCUT2D eigenvalue weighted by Crippen LogP contribution is 2.45. The first kappa shape index (κ1) is 36.3. The lowest BCUT2D eigenvalue weighted by molar-refractivity contribution is -0.154. The highest BCUT2D eigenvalue weighted by Gasteiger charge is 2.49. The first-order valence-corrected chi connectivity index (χ1v) is 16.7. The molecule has 3 aromatic rings. The smallest absolute Gasteiger partial charge is 0.273 e. The molecule has 2 fully saturated rings. The molecule has 4 heterocycles. The van der Waals surface area contributed by atoms with Crippen LogP contribution in [0.15, 0.2) is 34.8 Å². The van der Waals surface area contributed by atoms with Crippen LogP contribution in [0.3, 0.4) is 0 Å². The van der Waals surface area contributed by atoms with Crippen LogP contribution in [0.2, 0.25) is 10.0 Å². The van der Waals surface area contributed by atoms with Gasteiger partial charge in [0.15, 0.2) is 0 Å². The largest absolute Gasteiger partial charge is 0.495 e. The summed E-state index contributed by atoms with van der Waals surface area (Å²) in [6, 6.07) is 5.21. The van der Waals surface area contributed by atoms with E-state index in [4.69, 9.17) is 32.7 Å². The Bertz CT molecular complexity index is 1850. The Hall–Kier alpha value is -3.99. The van der Waals surface area contributed by atoms with Gasteiger partial charge in [-0.25, -0.2) is 13.8 Å². The molecule has 1 aromatic carbocycles. The molecule has 0 bridgehead atoms. The number of ether oxygens (including phenoxy) is 2. The molecule has 0 atom stereocenters. The van der Waals surface area contributed by atoms with Crippen LogP contribution in [0.25, 0.3) is 22.2 Å². The van der Waals surface area contributed by atoms with Crippen molar-refractivity contribution in [1.82, 2.24) is 24.3 Å². The Balaban J connectivity index is 1.31. The fraction of sp³-hybridized carbons (Fsp3) is 0.500. The van der Waals surface area contributed by atoms with Crippen LogP contribution in [-0.2, 0) is 11.3 Å². The number of halogens is 4. The summed E-state index contributed by atoms with van der Waals surface area (Å²) in [4.78, 5) is 39.5. The molecular formula is C34H39Cl2F2N7O4. The molecule has 0 unspecified atom stereocenters. The minimum atomic E-state index is -2.75. The van der Waals surface area contributed by atoms with Crippen molar-refractivity contribution >= 4 is 46.1 Å². The minimum absolute atomic E-state index is 0.0402. The molecule has 2 saturated heterocycles. The van der Waals surface area contributed by atoms with Crippen LogP contribution in [0.4, 0.5) is 14.7 Å². The fourth-order valence-electron chi connectivity index (χ4n) is 6.43. The zero-order valence-corrected chi connectivity index (χ0v) is 29.6. The number of benzene rings is 1. The predicted octanol–water partition coefficient (Wildman–Crippen LogP) is 6.02. The molecule has 1 N–H and O–H groups in total. The first-order valence-electron chi connectivity index (χ1n) is 16.0. The van der Waals surface area contributed by atoms with Gasteiger partial charge in [-0.1, -0.05) is 23.2 Å². The van der Waals surface area contributed by atoms with Crippen LogP contribution in [0.5, 0.6) is 11.5 Å². The number of aryl methyl sites for hydroxylation is 1. The summed E-state index contributed by atoms with van der Waals surface area (Å²) in [5.41, 5.74) is -0.243. The highest BCUT2D eigenvalue weighted by molar-refractivity contribution is 6.41. The summed E-state index contributed by atoms with van der Waals surface area (Å²) in [7, 11) is 4.62. The van der Waals surface area contributed by atoms with Crippen molar-refractivity contribution in [3.63, 3.8) is 0 Å². The molecule has 2 aliphatic rings. The van der Waals surface area contributed by atoms with Crippen molar-refractivity contribution in [3.8, 4) is 28.7 Å². The molecular weight excluding hydrogens is 679 g/mol.